The average Bonchev–Trinajstić information content (AvgIpc) is 2.53. The van der Waals surface area contributed by atoms with E-state index in [-0.39, 0.29) is 24.5 Å². The standard InChI is InChI=1S/C15H13NO5/c17-8-11-1-3-12(4-2-11)10-21-15-6-5-14(16(19)20)7-13(15)9-18/h1-7,9,17H,8,10H2. The molecule has 0 unspecified atom stereocenters. The van der Waals surface area contributed by atoms with E-state index in [1.54, 1.807) is 24.3 Å². The number of benzene rings is 2. The van der Waals surface area contributed by atoms with Gasteiger partial charge in [0.05, 0.1) is 17.1 Å². The summed E-state index contributed by atoms with van der Waals surface area (Å²) in [6, 6.07) is 11.0. The summed E-state index contributed by atoms with van der Waals surface area (Å²) < 4.78 is 5.51. The van der Waals surface area contributed by atoms with Gasteiger partial charge in [-0.3, -0.25) is 14.9 Å². The number of hydrogen-bond donors (Lipinski definition) is 1. The summed E-state index contributed by atoms with van der Waals surface area (Å²) in [5, 5.41) is 19.6. The molecule has 2 aromatic carbocycles. The summed E-state index contributed by atoms with van der Waals surface area (Å²) >= 11 is 0. The maximum Gasteiger partial charge on any atom is 0.270 e. The number of aldehydes is 1. The third-order valence-corrected chi connectivity index (χ3v) is 2.93. The minimum Gasteiger partial charge on any atom is -0.488 e. The average molecular weight is 287 g/mol. The van der Waals surface area contributed by atoms with Crippen LogP contribution in [0, 0.1) is 10.1 Å². The largest absolute Gasteiger partial charge is 0.488 e. The lowest BCUT2D eigenvalue weighted by atomic mass is 10.1. The Kier molecular flexibility index (Phi) is 4.63. The van der Waals surface area contributed by atoms with E-state index in [0.29, 0.717) is 12.0 Å². The first-order chi connectivity index (χ1) is 10.1. The van der Waals surface area contributed by atoms with Crippen LogP contribution < -0.4 is 4.74 Å². The molecule has 0 aliphatic rings. The zero-order valence-electron chi connectivity index (χ0n) is 11.1. The summed E-state index contributed by atoms with van der Waals surface area (Å²) in [5.74, 6) is 0.293. The van der Waals surface area contributed by atoms with Crippen molar-refractivity contribution in [1.82, 2.24) is 0 Å². The third-order valence-electron chi connectivity index (χ3n) is 2.93. The first-order valence-electron chi connectivity index (χ1n) is 6.19. The molecular formula is C15H13NO5. The van der Waals surface area contributed by atoms with E-state index in [1.165, 1.54) is 18.2 Å². The van der Waals surface area contributed by atoms with Crippen LogP contribution in [0.3, 0.4) is 0 Å². The van der Waals surface area contributed by atoms with Crippen molar-refractivity contribution in [3.8, 4) is 5.75 Å². The van der Waals surface area contributed by atoms with Crippen LogP contribution in [0.2, 0.25) is 0 Å². The maximum absolute atomic E-state index is 11.0. The quantitative estimate of drug-likeness (QED) is 0.501. The van der Waals surface area contributed by atoms with Gasteiger partial charge in [0, 0.05) is 12.1 Å². The molecule has 108 valence electrons. The van der Waals surface area contributed by atoms with Gasteiger partial charge in [-0.2, -0.15) is 0 Å². The first kappa shape index (κ1) is 14.7. The van der Waals surface area contributed by atoms with E-state index in [4.69, 9.17) is 9.84 Å². The lowest BCUT2D eigenvalue weighted by Crippen LogP contribution is -1.99. The number of nitro benzene ring substituents is 1. The predicted octanol–water partition coefficient (Wildman–Crippen LogP) is 2.48. The van der Waals surface area contributed by atoms with Crippen molar-refractivity contribution in [2.24, 2.45) is 0 Å². The van der Waals surface area contributed by atoms with Crippen molar-refractivity contribution in [3.05, 3.63) is 69.3 Å². The zero-order valence-corrected chi connectivity index (χ0v) is 11.1. The molecule has 0 fully saturated rings. The lowest BCUT2D eigenvalue weighted by Gasteiger charge is -2.08. The van der Waals surface area contributed by atoms with E-state index < -0.39 is 4.92 Å². The zero-order chi connectivity index (χ0) is 15.2. The number of carbonyl (C=O) groups is 1. The van der Waals surface area contributed by atoms with Crippen molar-refractivity contribution < 1.29 is 19.6 Å². The van der Waals surface area contributed by atoms with Crippen LogP contribution in [0.4, 0.5) is 5.69 Å². The molecule has 0 spiro atoms. The molecular weight excluding hydrogens is 274 g/mol. The Morgan fingerprint density at radius 3 is 2.38 bits per heavy atom. The fourth-order valence-corrected chi connectivity index (χ4v) is 1.77. The van der Waals surface area contributed by atoms with Gasteiger partial charge in [-0.15, -0.1) is 0 Å². The number of nitrogens with zero attached hydrogens (tertiary/aromatic N) is 1. The minimum atomic E-state index is -0.565. The molecule has 0 radical (unpaired) electrons. The Hall–Kier alpha value is -2.73. The molecule has 1 N–H and O–H groups in total. The molecule has 0 aromatic heterocycles. The smallest absolute Gasteiger partial charge is 0.270 e. The van der Waals surface area contributed by atoms with Crippen molar-refractivity contribution >= 4 is 12.0 Å². The molecule has 21 heavy (non-hydrogen) atoms. The second kappa shape index (κ2) is 6.62. The van der Waals surface area contributed by atoms with Crippen molar-refractivity contribution in [1.29, 1.82) is 0 Å². The highest BCUT2D eigenvalue weighted by molar-refractivity contribution is 5.80. The van der Waals surface area contributed by atoms with Crippen molar-refractivity contribution in [3.63, 3.8) is 0 Å². The molecule has 0 bridgehead atoms. The van der Waals surface area contributed by atoms with Gasteiger partial charge in [-0.05, 0) is 17.2 Å². The Labute approximate surface area is 120 Å². The number of hydrogen-bond acceptors (Lipinski definition) is 5. The Morgan fingerprint density at radius 2 is 1.81 bits per heavy atom. The van der Waals surface area contributed by atoms with E-state index in [0.717, 1.165) is 11.1 Å². The van der Waals surface area contributed by atoms with Crippen LogP contribution in [-0.2, 0) is 13.2 Å². The second-order valence-corrected chi connectivity index (χ2v) is 4.36. The molecule has 0 aliphatic heterocycles. The Bertz CT molecular complexity index is 652. The van der Waals surface area contributed by atoms with Crippen LogP contribution in [0.25, 0.3) is 0 Å². The van der Waals surface area contributed by atoms with Crippen LogP contribution >= 0.6 is 0 Å². The van der Waals surface area contributed by atoms with Gasteiger partial charge in [0.2, 0.25) is 0 Å². The highest BCUT2D eigenvalue weighted by Gasteiger charge is 2.11. The fraction of sp³-hybridized carbons (Fsp3) is 0.133. The van der Waals surface area contributed by atoms with Gasteiger partial charge >= 0.3 is 0 Å². The summed E-state index contributed by atoms with van der Waals surface area (Å²) in [7, 11) is 0. The van der Waals surface area contributed by atoms with E-state index in [9.17, 15) is 14.9 Å². The van der Waals surface area contributed by atoms with Crippen LogP contribution in [-0.4, -0.2) is 16.3 Å². The minimum absolute atomic E-state index is 0.0290. The highest BCUT2D eigenvalue weighted by atomic mass is 16.6. The maximum atomic E-state index is 11.0. The summed E-state index contributed by atoms with van der Waals surface area (Å²) in [6.07, 6.45) is 0.525. The second-order valence-electron chi connectivity index (χ2n) is 4.36. The van der Waals surface area contributed by atoms with Crippen LogP contribution in [0.15, 0.2) is 42.5 Å². The van der Waals surface area contributed by atoms with E-state index in [1.807, 2.05) is 0 Å². The van der Waals surface area contributed by atoms with Gasteiger partial charge in [-0.1, -0.05) is 24.3 Å². The normalized spacial score (nSPS) is 10.1. The molecule has 6 nitrogen and oxygen atoms in total. The van der Waals surface area contributed by atoms with E-state index in [2.05, 4.69) is 0 Å². The summed E-state index contributed by atoms with van der Waals surface area (Å²) in [6.45, 7) is 0.198. The molecule has 0 saturated heterocycles. The van der Waals surface area contributed by atoms with Crippen molar-refractivity contribution in [2.75, 3.05) is 0 Å². The van der Waals surface area contributed by atoms with E-state index >= 15 is 0 Å². The molecule has 2 aromatic rings. The van der Waals surface area contributed by atoms with Gasteiger partial charge in [0.1, 0.15) is 12.4 Å². The Balaban J connectivity index is 2.11. The molecule has 2 rings (SSSR count). The number of nitro groups is 1. The Morgan fingerprint density at radius 1 is 1.14 bits per heavy atom. The van der Waals surface area contributed by atoms with Gasteiger partial charge in [0.15, 0.2) is 6.29 Å². The number of ether oxygens (including phenoxy) is 1. The topological polar surface area (TPSA) is 89.7 Å². The number of non-ortho nitro benzene ring substituents is 1. The molecule has 6 heteroatoms. The van der Waals surface area contributed by atoms with Crippen molar-refractivity contribution in [2.45, 2.75) is 13.2 Å². The summed E-state index contributed by atoms with van der Waals surface area (Å²) in [5.41, 5.74) is 1.64. The number of rotatable bonds is 6. The molecule has 0 amide bonds. The molecule has 0 atom stereocenters. The molecule has 0 heterocycles. The fourth-order valence-electron chi connectivity index (χ4n) is 1.77. The van der Waals surface area contributed by atoms with Gasteiger partial charge < -0.3 is 9.84 Å². The molecule has 0 aliphatic carbocycles. The van der Waals surface area contributed by atoms with Gasteiger partial charge in [0.25, 0.3) is 5.69 Å². The van der Waals surface area contributed by atoms with Crippen LogP contribution in [0.5, 0.6) is 5.75 Å². The number of carbonyl (C=O) groups excluding carboxylic acids is 1. The monoisotopic (exact) mass is 287 g/mol. The number of aliphatic hydroxyl groups is 1. The number of aliphatic hydroxyl groups excluding tert-OH is 1. The third kappa shape index (κ3) is 3.64. The summed E-state index contributed by atoms with van der Waals surface area (Å²) in [4.78, 5) is 21.1. The molecule has 0 saturated carbocycles. The first-order valence-corrected chi connectivity index (χ1v) is 6.19. The van der Waals surface area contributed by atoms with Crippen LogP contribution in [0.1, 0.15) is 21.5 Å². The lowest BCUT2D eigenvalue weighted by molar-refractivity contribution is -0.384. The predicted molar refractivity (Wildman–Crippen MR) is 75.2 cm³/mol. The van der Waals surface area contributed by atoms with Gasteiger partial charge in [-0.25, -0.2) is 0 Å². The highest BCUT2D eigenvalue weighted by Crippen LogP contribution is 2.23. The SMILES string of the molecule is O=Cc1cc([N+](=O)[O-])ccc1OCc1ccc(CO)cc1.